The van der Waals surface area contributed by atoms with Crippen molar-refractivity contribution >= 4 is 19.7 Å². The minimum atomic E-state index is -4.71. The highest BCUT2D eigenvalue weighted by Gasteiger charge is 2.27. The molecule has 0 fully saturated rings. The highest BCUT2D eigenvalue weighted by molar-refractivity contribution is 7.45. The normalized spacial score (nSPS) is 14.3. The second-order valence-corrected chi connectivity index (χ2v) is 22.9. The lowest BCUT2D eigenvalue weighted by Crippen LogP contribution is -2.47. The van der Waals surface area contributed by atoms with Crippen LogP contribution in [0.4, 0.5) is 0 Å². The molecule has 0 heterocycles. The summed E-state index contributed by atoms with van der Waals surface area (Å²) in [6, 6.07) is -0.907. The summed E-state index contributed by atoms with van der Waals surface area (Å²) < 4.78 is 30.2. The summed E-state index contributed by atoms with van der Waals surface area (Å²) in [5.74, 6) is -0.590. The fraction of sp³-hybridized carbons (Fsp3) is 0.750. The van der Waals surface area contributed by atoms with Crippen LogP contribution in [0.1, 0.15) is 258 Å². The number of phosphoric acid groups is 1. The molecule has 0 aliphatic rings. The number of carbonyl (C=O) groups is 2. The SMILES string of the molecule is CC/C=C\C/C=C\C/C=C\C/C=C\C/C=C\C/C=C\CCCCC(=O)OC(/C=C/CCCCCCCCCCCC)C(COP(=O)([O-])OCC[N+](C)(C)C)NC(=O)CCCCCCCCCCCCCCCCC. The largest absolute Gasteiger partial charge is 0.756 e. The van der Waals surface area contributed by atoms with Crippen LogP contribution in [0.25, 0.3) is 0 Å². The third-order valence-corrected chi connectivity index (χ3v) is 14.1. The van der Waals surface area contributed by atoms with Gasteiger partial charge in [-0.05, 0) is 83.1 Å². The molecule has 1 amide bonds. The molecule has 1 N–H and O–H groups in total. The molecule has 0 aromatic heterocycles. The Bertz CT molecular complexity index is 1540. The summed E-state index contributed by atoms with van der Waals surface area (Å²) in [6.45, 7) is 6.70. The standard InChI is InChI=1S/C64H115N2O7P/c1-7-10-13-16-19-22-25-28-30-31-32-33-34-35-37-39-42-45-48-51-54-57-64(68)73-62(55-52-49-46-43-40-27-24-21-18-15-12-9-3)61(60-72-74(69,70)71-59-58-66(4,5)6)65-63(67)56-53-50-47-44-41-38-36-29-26-23-20-17-14-11-8-2/h10,13,19,22,28,30,32-33,35,37,42,45,52,55,61-62H,7-9,11-12,14-18,20-21,23-27,29,31,34,36,38-41,43-44,46-51,53-54,56-60H2,1-6H3,(H-,65,67,69,70)/b13-10-,22-19-,30-28-,33-32-,37-35-,45-42-,55-52+. The first kappa shape index (κ1) is 71.2. The Morgan fingerprint density at radius 1 is 0.486 bits per heavy atom. The quantitative estimate of drug-likeness (QED) is 0.0212. The number of hydrogen-bond donors (Lipinski definition) is 1. The second kappa shape index (κ2) is 53.6. The van der Waals surface area contributed by atoms with Gasteiger partial charge in [-0.15, -0.1) is 0 Å². The van der Waals surface area contributed by atoms with E-state index in [1.807, 2.05) is 33.3 Å². The summed E-state index contributed by atoms with van der Waals surface area (Å²) in [5.41, 5.74) is 0. The number of ether oxygens (including phenoxy) is 1. The van der Waals surface area contributed by atoms with Gasteiger partial charge in [0.2, 0.25) is 5.91 Å². The summed E-state index contributed by atoms with van der Waals surface area (Å²) in [4.78, 5) is 39.9. The van der Waals surface area contributed by atoms with Crippen LogP contribution in [0.2, 0.25) is 0 Å². The number of esters is 1. The van der Waals surface area contributed by atoms with Crippen molar-refractivity contribution < 1.29 is 37.3 Å². The molecule has 0 aliphatic carbocycles. The Morgan fingerprint density at radius 3 is 1.31 bits per heavy atom. The van der Waals surface area contributed by atoms with E-state index in [0.717, 1.165) is 89.9 Å². The average Bonchev–Trinajstić information content (AvgIpc) is 3.36. The zero-order valence-electron chi connectivity index (χ0n) is 48.8. The molecule has 10 heteroatoms. The number of carbonyl (C=O) groups excluding carboxylic acids is 2. The summed E-state index contributed by atoms with van der Waals surface area (Å²) >= 11 is 0. The molecule has 0 aromatic carbocycles. The Labute approximate surface area is 456 Å². The van der Waals surface area contributed by atoms with Gasteiger partial charge in [0.1, 0.15) is 19.3 Å². The van der Waals surface area contributed by atoms with E-state index < -0.39 is 26.6 Å². The molecular formula is C64H115N2O7P. The van der Waals surface area contributed by atoms with Crippen molar-refractivity contribution in [2.75, 3.05) is 40.9 Å². The zero-order chi connectivity index (χ0) is 54.3. The Kier molecular flexibility index (Phi) is 51.5. The van der Waals surface area contributed by atoms with Crippen LogP contribution >= 0.6 is 7.82 Å². The van der Waals surface area contributed by atoms with Gasteiger partial charge in [0, 0.05) is 12.8 Å². The van der Waals surface area contributed by atoms with E-state index in [4.69, 9.17) is 13.8 Å². The predicted octanol–water partition coefficient (Wildman–Crippen LogP) is 18.0. The number of hydrogen-bond acceptors (Lipinski definition) is 7. The van der Waals surface area contributed by atoms with E-state index in [1.54, 1.807) is 0 Å². The molecule has 9 nitrogen and oxygen atoms in total. The number of allylic oxidation sites excluding steroid dienone is 13. The molecule has 0 bridgehead atoms. The van der Waals surface area contributed by atoms with E-state index in [0.29, 0.717) is 23.9 Å². The number of amides is 1. The third kappa shape index (κ3) is 54.0. The highest BCUT2D eigenvalue weighted by atomic mass is 31.2. The maximum Gasteiger partial charge on any atom is 0.306 e. The summed E-state index contributed by atoms with van der Waals surface area (Å²) in [7, 11) is 1.16. The predicted molar refractivity (Wildman–Crippen MR) is 316 cm³/mol. The molecule has 0 spiro atoms. The third-order valence-electron chi connectivity index (χ3n) is 13.1. The van der Waals surface area contributed by atoms with Crippen LogP contribution in [0, 0.1) is 0 Å². The molecule has 0 aliphatic heterocycles. The van der Waals surface area contributed by atoms with Crippen LogP contribution < -0.4 is 10.2 Å². The van der Waals surface area contributed by atoms with Gasteiger partial charge >= 0.3 is 5.97 Å². The first-order chi connectivity index (χ1) is 35.9. The van der Waals surface area contributed by atoms with Gasteiger partial charge in [-0.25, -0.2) is 0 Å². The highest BCUT2D eigenvalue weighted by Crippen LogP contribution is 2.38. The lowest BCUT2D eigenvalue weighted by atomic mass is 10.0. The van der Waals surface area contributed by atoms with Gasteiger partial charge in [0.05, 0.1) is 33.8 Å². The minimum absolute atomic E-state index is 0.0315. The van der Waals surface area contributed by atoms with E-state index in [9.17, 15) is 19.0 Å². The number of phosphoric ester groups is 1. The van der Waals surface area contributed by atoms with Crippen LogP contribution in [0.15, 0.2) is 85.1 Å². The van der Waals surface area contributed by atoms with Crippen LogP contribution in [-0.2, 0) is 27.9 Å². The van der Waals surface area contributed by atoms with Crippen molar-refractivity contribution in [2.45, 2.75) is 270 Å². The Morgan fingerprint density at radius 2 is 0.865 bits per heavy atom. The van der Waals surface area contributed by atoms with Crippen LogP contribution in [0.5, 0.6) is 0 Å². The van der Waals surface area contributed by atoms with Crippen molar-refractivity contribution in [1.82, 2.24) is 5.32 Å². The Hall–Kier alpha value is -2.81. The fourth-order valence-corrected chi connectivity index (χ4v) is 9.13. The summed E-state index contributed by atoms with van der Waals surface area (Å²) in [5, 5.41) is 3.01. The lowest BCUT2D eigenvalue weighted by molar-refractivity contribution is -0.870. The van der Waals surface area contributed by atoms with Gasteiger partial charge in [-0.1, -0.05) is 247 Å². The summed E-state index contributed by atoms with van der Waals surface area (Å²) in [6.07, 6.45) is 69.8. The van der Waals surface area contributed by atoms with Crippen molar-refractivity contribution in [3.8, 4) is 0 Å². The molecule has 74 heavy (non-hydrogen) atoms. The topological polar surface area (TPSA) is 114 Å². The maximum absolute atomic E-state index is 13.5. The molecule has 0 saturated carbocycles. The number of unbranched alkanes of at least 4 members (excludes halogenated alkanes) is 26. The van der Waals surface area contributed by atoms with Gasteiger partial charge in [0.25, 0.3) is 7.82 Å². The van der Waals surface area contributed by atoms with Gasteiger partial charge < -0.3 is 28.5 Å². The van der Waals surface area contributed by atoms with Gasteiger partial charge in [-0.3, -0.25) is 14.2 Å². The molecule has 0 rings (SSSR count). The minimum Gasteiger partial charge on any atom is -0.756 e. The van der Waals surface area contributed by atoms with E-state index in [-0.39, 0.29) is 24.9 Å². The zero-order valence-corrected chi connectivity index (χ0v) is 49.7. The maximum atomic E-state index is 13.5. The monoisotopic (exact) mass is 1050 g/mol. The molecular weight excluding hydrogens is 940 g/mol. The van der Waals surface area contributed by atoms with Gasteiger partial charge in [0.15, 0.2) is 0 Å². The van der Waals surface area contributed by atoms with E-state index in [1.165, 1.54) is 128 Å². The molecule has 428 valence electrons. The number of nitrogens with one attached hydrogen (secondary N) is 1. The van der Waals surface area contributed by atoms with Crippen molar-refractivity contribution in [1.29, 1.82) is 0 Å². The number of quaternary nitrogens is 1. The van der Waals surface area contributed by atoms with Crippen molar-refractivity contribution in [3.05, 3.63) is 85.1 Å². The molecule has 3 atom stereocenters. The smallest absolute Gasteiger partial charge is 0.306 e. The fourth-order valence-electron chi connectivity index (χ4n) is 8.41. The second-order valence-electron chi connectivity index (χ2n) is 21.5. The molecule has 3 unspecified atom stereocenters. The van der Waals surface area contributed by atoms with Gasteiger partial charge in [-0.2, -0.15) is 0 Å². The first-order valence-corrected chi connectivity index (χ1v) is 31.9. The first-order valence-electron chi connectivity index (χ1n) is 30.4. The molecule has 0 aromatic rings. The lowest BCUT2D eigenvalue weighted by Gasteiger charge is -2.30. The van der Waals surface area contributed by atoms with E-state index >= 15 is 0 Å². The van der Waals surface area contributed by atoms with Crippen LogP contribution in [-0.4, -0.2) is 69.4 Å². The molecule has 0 radical (unpaired) electrons. The number of nitrogens with zero attached hydrogens (tertiary/aromatic N) is 1. The van der Waals surface area contributed by atoms with Crippen molar-refractivity contribution in [3.63, 3.8) is 0 Å². The average molecular weight is 1060 g/mol. The molecule has 0 saturated heterocycles. The number of rotatable bonds is 54. The Balaban J connectivity index is 5.36. The number of likely N-dealkylation sites (N-methyl/N-ethyl adjacent to an activating group) is 1. The van der Waals surface area contributed by atoms with Crippen LogP contribution in [0.3, 0.4) is 0 Å². The van der Waals surface area contributed by atoms with E-state index in [2.05, 4.69) is 99.0 Å². The van der Waals surface area contributed by atoms with Crippen molar-refractivity contribution in [2.24, 2.45) is 0 Å².